The molecule has 0 bridgehead atoms. The Morgan fingerprint density at radius 2 is 1.76 bits per heavy atom. The van der Waals surface area contributed by atoms with E-state index in [1.165, 1.54) is 35.5 Å². The minimum Gasteiger partial charge on any atom is -0.406 e. The molecule has 2 aromatic carbocycles. The topological polar surface area (TPSA) is 186 Å². The quantitative estimate of drug-likeness (QED) is 0.101. The Morgan fingerprint density at radius 1 is 1.02 bits per heavy atom. The minimum absolute atomic E-state index is 0.0462. The number of carbonyl (C=O) groups excluding carboxylic acids is 3. The van der Waals surface area contributed by atoms with Crippen LogP contribution in [0.2, 0.25) is 0 Å². The number of aliphatic hydroxyl groups excluding tert-OH is 1. The van der Waals surface area contributed by atoms with Crippen LogP contribution in [-0.2, 0) is 32.2 Å². The van der Waals surface area contributed by atoms with Gasteiger partial charge in [-0.3, -0.25) is 19.1 Å². The fourth-order valence-corrected chi connectivity index (χ4v) is 7.21. The molecule has 0 radical (unpaired) electrons. The van der Waals surface area contributed by atoms with Gasteiger partial charge in [0, 0.05) is 43.0 Å². The lowest BCUT2D eigenvalue weighted by molar-refractivity contribution is -0.274. The molecule has 312 valence electrons. The summed E-state index contributed by atoms with van der Waals surface area (Å²) in [4.78, 5) is 55.6. The average Bonchev–Trinajstić information content (AvgIpc) is 3.94. The molecule has 1 unspecified atom stereocenters. The van der Waals surface area contributed by atoms with Crippen molar-refractivity contribution in [3.63, 3.8) is 0 Å². The highest BCUT2D eigenvalue weighted by Crippen LogP contribution is 2.29. The van der Waals surface area contributed by atoms with Crippen LogP contribution in [0, 0.1) is 12.3 Å². The van der Waals surface area contributed by atoms with Crippen LogP contribution in [0.1, 0.15) is 38.4 Å². The van der Waals surface area contributed by atoms with Gasteiger partial charge in [0.2, 0.25) is 17.7 Å². The molecule has 3 amide bonds. The SMILES string of the molecule is Cc1ncsc1-c1ccc(CNC(=O)[C@@H]2C[C@@H](O)CN2C(=O)C(NC(=O)COCCn2cc(-c3cc(Nc4ccc(OC(F)(F)F)cc4)ncn3)cn2)C(C)(C)C)cc1. The number of rotatable bonds is 15. The number of aliphatic hydroxyl groups is 1. The zero-order chi connectivity index (χ0) is 42.3. The van der Waals surface area contributed by atoms with Gasteiger partial charge in [0.25, 0.3) is 0 Å². The van der Waals surface area contributed by atoms with Gasteiger partial charge in [-0.1, -0.05) is 45.0 Å². The third-order valence-corrected chi connectivity index (χ3v) is 10.3. The number of halogens is 3. The van der Waals surface area contributed by atoms with E-state index in [0.29, 0.717) is 22.8 Å². The van der Waals surface area contributed by atoms with Gasteiger partial charge in [0.15, 0.2) is 0 Å². The first-order valence-corrected chi connectivity index (χ1v) is 19.5. The maximum absolute atomic E-state index is 14.0. The van der Waals surface area contributed by atoms with Crippen LogP contribution >= 0.6 is 11.3 Å². The van der Waals surface area contributed by atoms with Gasteiger partial charge >= 0.3 is 6.36 Å². The number of aromatic nitrogens is 5. The molecule has 4 N–H and O–H groups in total. The Hall–Kier alpha value is -5.92. The molecule has 1 aliphatic rings. The molecule has 59 heavy (non-hydrogen) atoms. The van der Waals surface area contributed by atoms with E-state index in [-0.39, 0.29) is 45.0 Å². The summed E-state index contributed by atoms with van der Waals surface area (Å²) in [6.07, 6.45) is -0.964. The molecule has 1 fully saturated rings. The summed E-state index contributed by atoms with van der Waals surface area (Å²) >= 11 is 1.56. The summed E-state index contributed by atoms with van der Waals surface area (Å²) in [6, 6.07) is 12.7. The number of ether oxygens (including phenoxy) is 2. The van der Waals surface area contributed by atoms with Gasteiger partial charge in [-0.05, 0) is 47.7 Å². The number of amides is 3. The van der Waals surface area contributed by atoms with Crippen molar-refractivity contribution in [1.29, 1.82) is 0 Å². The molecule has 3 aromatic heterocycles. The van der Waals surface area contributed by atoms with Crippen molar-refractivity contribution in [2.24, 2.45) is 5.41 Å². The zero-order valence-electron chi connectivity index (χ0n) is 32.7. The number of β-amino-alcohol motifs (C(OH)–C–C–N with tert-alkyl or cyclic N) is 1. The molecule has 6 rings (SSSR count). The zero-order valence-corrected chi connectivity index (χ0v) is 33.5. The third-order valence-electron chi connectivity index (χ3n) is 9.37. The highest BCUT2D eigenvalue weighted by atomic mass is 32.1. The van der Waals surface area contributed by atoms with E-state index in [1.807, 2.05) is 31.2 Å². The number of nitrogens with one attached hydrogen (secondary N) is 3. The highest BCUT2D eigenvalue weighted by molar-refractivity contribution is 7.13. The van der Waals surface area contributed by atoms with Crippen molar-refractivity contribution >= 4 is 40.6 Å². The van der Waals surface area contributed by atoms with E-state index in [1.54, 1.807) is 60.8 Å². The van der Waals surface area contributed by atoms with Gasteiger partial charge in [0.05, 0.1) is 47.2 Å². The van der Waals surface area contributed by atoms with Gasteiger partial charge in [-0.25, -0.2) is 15.0 Å². The molecule has 15 nitrogen and oxygen atoms in total. The molecule has 19 heteroatoms. The second kappa shape index (κ2) is 18.3. The highest BCUT2D eigenvalue weighted by Gasteiger charge is 2.44. The molecular formula is C40H44F3N9O6S. The van der Waals surface area contributed by atoms with E-state index >= 15 is 0 Å². The maximum Gasteiger partial charge on any atom is 0.573 e. The Kier molecular flexibility index (Phi) is 13.3. The number of alkyl halides is 3. The van der Waals surface area contributed by atoms with Crippen LogP contribution in [0.3, 0.4) is 0 Å². The second-order valence-electron chi connectivity index (χ2n) is 15.0. The van der Waals surface area contributed by atoms with Crippen molar-refractivity contribution in [1.82, 2.24) is 40.3 Å². The number of likely N-dealkylation sites (tertiary alicyclic amines) is 1. The van der Waals surface area contributed by atoms with Gasteiger partial charge in [0.1, 0.15) is 36.6 Å². The lowest BCUT2D eigenvalue weighted by Gasteiger charge is -2.35. The third kappa shape index (κ3) is 11.6. The van der Waals surface area contributed by atoms with Gasteiger partial charge in [-0.15, -0.1) is 24.5 Å². The molecule has 5 aromatic rings. The average molecular weight is 836 g/mol. The van der Waals surface area contributed by atoms with Crippen molar-refractivity contribution in [2.75, 3.05) is 25.1 Å². The molecule has 3 atom stereocenters. The predicted molar refractivity (Wildman–Crippen MR) is 212 cm³/mol. The lowest BCUT2D eigenvalue weighted by Crippen LogP contribution is -2.58. The molecule has 4 heterocycles. The van der Waals surface area contributed by atoms with Crippen LogP contribution in [0.5, 0.6) is 5.75 Å². The Balaban J connectivity index is 0.973. The number of hydrogen-bond acceptors (Lipinski definition) is 12. The first-order chi connectivity index (χ1) is 28.0. The van der Waals surface area contributed by atoms with Gasteiger partial charge < -0.3 is 35.4 Å². The molecule has 0 saturated carbocycles. The summed E-state index contributed by atoms with van der Waals surface area (Å²) in [5.41, 5.74) is 5.58. The standard InChI is InChI=1S/C40H44F3N9O6S/c1-24-35(59-23-47-24)26-7-5-25(6-8-26)17-44-37(55)32-15-29(53)20-52(32)38(56)36(39(2,3)4)50-34(54)21-57-14-13-51-19-27(18-48-51)31-16-33(46-22-45-31)49-28-9-11-30(12-10-28)58-40(41,42)43/h5-12,16,18-19,22-23,29,32,36,53H,13-15,17,20-21H2,1-4H3,(H,44,55)(H,50,54)(H,45,46,49)/t29-,32+,36?/m1/s1. The normalized spacial score (nSPS) is 16.1. The number of anilines is 2. The monoisotopic (exact) mass is 835 g/mol. The number of aryl methyl sites for hydroxylation is 1. The molecule has 0 aliphatic carbocycles. The van der Waals surface area contributed by atoms with Crippen LogP contribution in [0.4, 0.5) is 24.7 Å². The Labute approximate surface area is 342 Å². The van der Waals surface area contributed by atoms with E-state index in [2.05, 4.69) is 40.7 Å². The van der Waals surface area contributed by atoms with E-state index < -0.39 is 47.7 Å². The van der Waals surface area contributed by atoms with Crippen LogP contribution in [0.15, 0.2) is 78.8 Å². The predicted octanol–water partition coefficient (Wildman–Crippen LogP) is 5.24. The van der Waals surface area contributed by atoms with Crippen LogP contribution < -0.4 is 20.7 Å². The number of benzene rings is 2. The van der Waals surface area contributed by atoms with Crippen molar-refractivity contribution in [2.45, 2.75) is 71.8 Å². The second-order valence-corrected chi connectivity index (χ2v) is 15.8. The first kappa shape index (κ1) is 42.7. The summed E-state index contributed by atoms with van der Waals surface area (Å²) in [7, 11) is 0. The molecule has 0 spiro atoms. The van der Waals surface area contributed by atoms with Gasteiger partial charge in [-0.2, -0.15) is 5.10 Å². The van der Waals surface area contributed by atoms with Crippen molar-refractivity contribution in [3.8, 4) is 27.4 Å². The number of hydrogen-bond donors (Lipinski definition) is 4. The van der Waals surface area contributed by atoms with E-state index in [4.69, 9.17) is 4.74 Å². The minimum atomic E-state index is -4.79. The summed E-state index contributed by atoms with van der Waals surface area (Å²) in [5.74, 6) is -1.35. The maximum atomic E-state index is 14.0. The number of nitrogens with zero attached hydrogens (tertiary/aromatic N) is 6. The smallest absolute Gasteiger partial charge is 0.406 e. The van der Waals surface area contributed by atoms with Crippen molar-refractivity contribution in [3.05, 3.63) is 90.1 Å². The Bertz CT molecular complexity index is 2230. The number of thiazole rings is 1. The largest absolute Gasteiger partial charge is 0.573 e. The first-order valence-electron chi connectivity index (χ1n) is 18.6. The fourth-order valence-electron chi connectivity index (χ4n) is 6.40. The molecule has 1 aliphatic heterocycles. The van der Waals surface area contributed by atoms with Crippen LogP contribution in [0.25, 0.3) is 21.7 Å². The van der Waals surface area contributed by atoms with E-state index in [0.717, 1.165) is 21.7 Å². The molecule has 1 saturated heterocycles. The summed E-state index contributed by atoms with van der Waals surface area (Å²) in [6.45, 7) is 7.60. The summed E-state index contributed by atoms with van der Waals surface area (Å²) in [5, 5.41) is 23.5. The lowest BCUT2D eigenvalue weighted by atomic mass is 9.85. The van der Waals surface area contributed by atoms with Crippen molar-refractivity contribution < 1.29 is 42.1 Å². The fraction of sp³-hybridized carbons (Fsp3) is 0.375. The summed E-state index contributed by atoms with van der Waals surface area (Å²) < 4.78 is 48.5. The Morgan fingerprint density at radius 3 is 2.44 bits per heavy atom. The molecular weight excluding hydrogens is 792 g/mol. The van der Waals surface area contributed by atoms with Crippen LogP contribution in [-0.4, -0.2) is 96.8 Å². The van der Waals surface area contributed by atoms with E-state index in [9.17, 15) is 32.7 Å². The number of carbonyl (C=O) groups is 3.